The highest BCUT2D eigenvalue weighted by molar-refractivity contribution is 5.78. The summed E-state index contributed by atoms with van der Waals surface area (Å²) >= 11 is 0. The first-order valence-electron chi connectivity index (χ1n) is 7.78. The first-order valence-corrected chi connectivity index (χ1v) is 7.78. The molecule has 1 aliphatic carbocycles. The lowest BCUT2D eigenvalue weighted by atomic mass is 10.1. The predicted octanol–water partition coefficient (Wildman–Crippen LogP) is 2.30. The molecule has 0 aliphatic heterocycles. The van der Waals surface area contributed by atoms with Crippen molar-refractivity contribution < 1.29 is 4.79 Å². The van der Waals surface area contributed by atoms with Gasteiger partial charge in [-0.15, -0.1) is 0 Å². The number of benzene rings is 1. The molecule has 2 N–H and O–H groups in total. The van der Waals surface area contributed by atoms with E-state index in [-0.39, 0.29) is 11.8 Å². The van der Waals surface area contributed by atoms with Crippen molar-refractivity contribution in [1.82, 2.24) is 10.6 Å². The van der Waals surface area contributed by atoms with Crippen molar-refractivity contribution in [3.63, 3.8) is 0 Å². The van der Waals surface area contributed by atoms with Crippen LogP contribution in [0.4, 0.5) is 0 Å². The molecule has 110 valence electrons. The zero-order valence-corrected chi connectivity index (χ0v) is 12.6. The maximum Gasteiger partial charge on any atom is 0.222 e. The highest BCUT2D eigenvalue weighted by Crippen LogP contribution is 2.21. The molecular formula is C17H26N2O. The van der Waals surface area contributed by atoms with E-state index in [1.54, 1.807) is 0 Å². The van der Waals surface area contributed by atoms with E-state index in [0.717, 1.165) is 38.8 Å². The van der Waals surface area contributed by atoms with E-state index >= 15 is 0 Å². The van der Waals surface area contributed by atoms with Crippen LogP contribution in [0.15, 0.2) is 24.3 Å². The molecule has 0 radical (unpaired) electrons. The molecular weight excluding hydrogens is 248 g/mol. The van der Waals surface area contributed by atoms with Crippen molar-refractivity contribution in [2.24, 2.45) is 5.92 Å². The zero-order chi connectivity index (χ0) is 14.4. The maximum atomic E-state index is 11.6. The predicted molar refractivity (Wildman–Crippen MR) is 82.7 cm³/mol. The van der Waals surface area contributed by atoms with Crippen molar-refractivity contribution in [3.8, 4) is 0 Å². The smallest absolute Gasteiger partial charge is 0.222 e. The van der Waals surface area contributed by atoms with Gasteiger partial charge in [-0.3, -0.25) is 4.79 Å². The van der Waals surface area contributed by atoms with Crippen molar-refractivity contribution in [3.05, 3.63) is 35.4 Å². The summed E-state index contributed by atoms with van der Waals surface area (Å²) in [6.45, 7) is 5.77. The van der Waals surface area contributed by atoms with Gasteiger partial charge in [0.2, 0.25) is 5.91 Å². The minimum atomic E-state index is 0.132. The Morgan fingerprint density at radius 2 is 1.90 bits per heavy atom. The van der Waals surface area contributed by atoms with Crippen LogP contribution in [-0.2, 0) is 17.6 Å². The molecule has 1 aliphatic rings. The Labute approximate surface area is 122 Å². The average molecular weight is 274 g/mol. The quantitative estimate of drug-likeness (QED) is 0.749. The molecule has 1 aromatic rings. The summed E-state index contributed by atoms with van der Waals surface area (Å²) in [6.07, 6.45) is 4.17. The Kier molecular flexibility index (Phi) is 5.60. The van der Waals surface area contributed by atoms with E-state index in [1.807, 2.05) is 13.8 Å². The topological polar surface area (TPSA) is 41.1 Å². The number of fused-ring (bicyclic) bond motifs is 1. The van der Waals surface area contributed by atoms with Crippen LogP contribution in [-0.4, -0.2) is 25.0 Å². The van der Waals surface area contributed by atoms with Gasteiger partial charge in [0.25, 0.3) is 0 Å². The zero-order valence-electron chi connectivity index (χ0n) is 12.6. The number of hydrogen-bond acceptors (Lipinski definition) is 2. The first kappa shape index (κ1) is 15.0. The van der Waals surface area contributed by atoms with Crippen LogP contribution in [0.3, 0.4) is 0 Å². The Bertz CT molecular complexity index is 419. The Morgan fingerprint density at radius 1 is 1.25 bits per heavy atom. The molecule has 1 unspecified atom stereocenters. The summed E-state index contributed by atoms with van der Waals surface area (Å²) < 4.78 is 0. The molecule has 3 heteroatoms. The molecule has 0 saturated heterocycles. The molecule has 0 saturated carbocycles. The molecule has 2 rings (SSSR count). The highest BCUT2D eigenvalue weighted by atomic mass is 16.1. The standard InChI is InChI=1S/C17H26N2O/c1-3-13(2)17(20)19-10-6-9-18-16-11-14-7-4-5-8-15(14)12-16/h4-5,7-8,13,16,18H,3,6,9-12H2,1-2H3,(H,19,20). The molecule has 0 aromatic heterocycles. The van der Waals surface area contributed by atoms with E-state index in [9.17, 15) is 4.79 Å². The summed E-state index contributed by atoms with van der Waals surface area (Å²) in [4.78, 5) is 11.6. The fourth-order valence-electron chi connectivity index (χ4n) is 2.67. The fourth-order valence-corrected chi connectivity index (χ4v) is 2.67. The van der Waals surface area contributed by atoms with Gasteiger partial charge in [0.1, 0.15) is 0 Å². The Hall–Kier alpha value is -1.35. The number of carbonyl (C=O) groups is 1. The number of nitrogens with one attached hydrogen (secondary N) is 2. The third-order valence-corrected chi connectivity index (χ3v) is 4.20. The monoisotopic (exact) mass is 274 g/mol. The van der Waals surface area contributed by atoms with Gasteiger partial charge >= 0.3 is 0 Å². The van der Waals surface area contributed by atoms with Crippen molar-refractivity contribution in [2.75, 3.05) is 13.1 Å². The van der Waals surface area contributed by atoms with Gasteiger partial charge in [-0.05, 0) is 43.4 Å². The van der Waals surface area contributed by atoms with Gasteiger partial charge in [0.05, 0.1) is 0 Å². The molecule has 0 spiro atoms. The van der Waals surface area contributed by atoms with E-state index in [1.165, 1.54) is 11.1 Å². The third kappa shape index (κ3) is 4.07. The lowest BCUT2D eigenvalue weighted by molar-refractivity contribution is -0.124. The number of rotatable bonds is 7. The second-order valence-electron chi connectivity index (χ2n) is 5.78. The minimum absolute atomic E-state index is 0.132. The number of amides is 1. The summed E-state index contributed by atoms with van der Waals surface area (Å²) in [5, 5.41) is 6.59. The molecule has 0 bridgehead atoms. The van der Waals surface area contributed by atoms with Gasteiger partial charge in [-0.2, -0.15) is 0 Å². The second-order valence-corrected chi connectivity index (χ2v) is 5.78. The van der Waals surface area contributed by atoms with Crippen LogP contribution in [0.2, 0.25) is 0 Å². The van der Waals surface area contributed by atoms with Gasteiger partial charge in [-0.25, -0.2) is 0 Å². The van der Waals surface area contributed by atoms with Gasteiger partial charge in [-0.1, -0.05) is 38.1 Å². The van der Waals surface area contributed by atoms with E-state index in [2.05, 4.69) is 34.9 Å². The molecule has 0 fully saturated rings. The Morgan fingerprint density at radius 3 is 2.50 bits per heavy atom. The lowest BCUT2D eigenvalue weighted by Gasteiger charge is -2.13. The summed E-state index contributed by atoms with van der Waals surface area (Å²) in [6, 6.07) is 9.25. The van der Waals surface area contributed by atoms with E-state index in [4.69, 9.17) is 0 Å². The summed E-state index contributed by atoms with van der Waals surface area (Å²) in [5.74, 6) is 0.313. The normalized spacial score (nSPS) is 15.9. The van der Waals surface area contributed by atoms with Gasteiger partial charge < -0.3 is 10.6 Å². The average Bonchev–Trinajstić information content (AvgIpc) is 2.88. The van der Waals surface area contributed by atoms with Crippen molar-refractivity contribution in [2.45, 2.75) is 45.6 Å². The largest absolute Gasteiger partial charge is 0.356 e. The van der Waals surface area contributed by atoms with Gasteiger partial charge in [0.15, 0.2) is 0 Å². The third-order valence-electron chi connectivity index (χ3n) is 4.20. The van der Waals surface area contributed by atoms with Crippen LogP contribution in [0.25, 0.3) is 0 Å². The first-order chi connectivity index (χ1) is 9.70. The van der Waals surface area contributed by atoms with Gasteiger partial charge in [0, 0.05) is 18.5 Å². The molecule has 20 heavy (non-hydrogen) atoms. The lowest BCUT2D eigenvalue weighted by Crippen LogP contribution is -2.34. The fraction of sp³-hybridized carbons (Fsp3) is 0.588. The summed E-state index contributed by atoms with van der Waals surface area (Å²) in [7, 11) is 0. The van der Waals surface area contributed by atoms with Crippen LogP contribution in [0, 0.1) is 5.92 Å². The van der Waals surface area contributed by atoms with Crippen molar-refractivity contribution >= 4 is 5.91 Å². The minimum Gasteiger partial charge on any atom is -0.356 e. The number of carbonyl (C=O) groups excluding carboxylic acids is 1. The second kappa shape index (κ2) is 7.44. The van der Waals surface area contributed by atoms with E-state index in [0.29, 0.717) is 6.04 Å². The molecule has 1 aromatic carbocycles. The van der Waals surface area contributed by atoms with Crippen LogP contribution >= 0.6 is 0 Å². The SMILES string of the molecule is CCC(C)C(=O)NCCCNC1Cc2ccccc2C1. The Balaban J connectivity index is 1.58. The molecule has 3 nitrogen and oxygen atoms in total. The highest BCUT2D eigenvalue weighted by Gasteiger charge is 2.19. The molecule has 0 heterocycles. The van der Waals surface area contributed by atoms with Crippen LogP contribution < -0.4 is 10.6 Å². The number of hydrogen-bond donors (Lipinski definition) is 2. The summed E-state index contributed by atoms with van der Waals surface area (Å²) in [5.41, 5.74) is 2.96. The maximum absolute atomic E-state index is 11.6. The van der Waals surface area contributed by atoms with Crippen LogP contribution in [0.1, 0.15) is 37.8 Å². The van der Waals surface area contributed by atoms with E-state index < -0.39 is 0 Å². The molecule has 1 amide bonds. The molecule has 1 atom stereocenters. The van der Waals surface area contributed by atoms with Crippen molar-refractivity contribution in [1.29, 1.82) is 0 Å². The van der Waals surface area contributed by atoms with Crippen LogP contribution in [0.5, 0.6) is 0 Å².